The SMILES string of the molecule is O=C(O)CN1Cc2ccc(-c3nc(NC4CCOCC4)ncc3Cl)c(F)c2C1=O. The van der Waals surface area contributed by atoms with Crippen molar-refractivity contribution in [1.82, 2.24) is 14.9 Å². The monoisotopic (exact) mass is 420 g/mol. The molecule has 0 saturated carbocycles. The molecule has 0 radical (unpaired) electrons. The normalized spacial score (nSPS) is 16.8. The highest BCUT2D eigenvalue weighted by molar-refractivity contribution is 6.33. The van der Waals surface area contributed by atoms with Gasteiger partial charge in [-0.2, -0.15) is 0 Å². The third-order valence-corrected chi connectivity index (χ3v) is 5.25. The van der Waals surface area contributed by atoms with E-state index in [4.69, 9.17) is 21.4 Å². The van der Waals surface area contributed by atoms with Gasteiger partial charge in [-0.15, -0.1) is 0 Å². The number of nitrogens with one attached hydrogen (secondary N) is 1. The van der Waals surface area contributed by atoms with Crippen LogP contribution in [0.3, 0.4) is 0 Å². The molecule has 152 valence electrons. The Hall–Kier alpha value is -2.78. The lowest BCUT2D eigenvalue weighted by Gasteiger charge is -2.23. The second-order valence-electron chi connectivity index (χ2n) is 6.94. The van der Waals surface area contributed by atoms with Crippen LogP contribution in [0.25, 0.3) is 11.3 Å². The van der Waals surface area contributed by atoms with Gasteiger partial charge in [-0.3, -0.25) is 9.59 Å². The number of aromatic nitrogens is 2. The van der Waals surface area contributed by atoms with Crippen LogP contribution in [0.1, 0.15) is 28.8 Å². The number of halogens is 2. The van der Waals surface area contributed by atoms with Gasteiger partial charge in [0.05, 0.1) is 22.5 Å². The summed E-state index contributed by atoms with van der Waals surface area (Å²) >= 11 is 6.22. The van der Waals surface area contributed by atoms with Crippen molar-refractivity contribution in [3.8, 4) is 11.3 Å². The zero-order valence-corrected chi connectivity index (χ0v) is 16.1. The van der Waals surface area contributed by atoms with Gasteiger partial charge in [0.2, 0.25) is 5.95 Å². The molecule has 1 aromatic carbocycles. The first kappa shape index (κ1) is 19.5. The van der Waals surface area contributed by atoms with E-state index in [9.17, 15) is 9.59 Å². The third-order valence-electron chi connectivity index (χ3n) is 4.97. The molecule has 1 fully saturated rings. The Bertz CT molecular complexity index is 981. The summed E-state index contributed by atoms with van der Waals surface area (Å²) in [4.78, 5) is 33.0. The zero-order valence-electron chi connectivity index (χ0n) is 15.3. The van der Waals surface area contributed by atoms with Crippen molar-refractivity contribution in [3.05, 3.63) is 40.3 Å². The topological polar surface area (TPSA) is 105 Å². The number of benzene rings is 1. The van der Waals surface area contributed by atoms with E-state index < -0.39 is 24.2 Å². The average molecular weight is 421 g/mol. The number of fused-ring (bicyclic) bond motifs is 1. The van der Waals surface area contributed by atoms with Crippen LogP contribution in [0.2, 0.25) is 5.02 Å². The second kappa shape index (κ2) is 7.92. The number of ether oxygens (including phenoxy) is 1. The Morgan fingerprint density at radius 2 is 2.14 bits per heavy atom. The molecule has 2 aliphatic heterocycles. The van der Waals surface area contributed by atoms with E-state index in [0.717, 1.165) is 17.7 Å². The number of hydrogen-bond donors (Lipinski definition) is 2. The number of carboxylic acid groups (broad SMARTS) is 1. The molecule has 3 heterocycles. The lowest BCUT2D eigenvalue weighted by atomic mass is 10.0. The first-order chi connectivity index (χ1) is 13.9. The van der Waals surface area contributed by atoms with Crippen molar-refractivity contribution in [1.29, 1.82) is 0 Å². The predicted octanol–water partition coefficient (Wildman–Crippen LogP) is 2.57. The fourth-order valence-electron chi connectivity index (χ4n) is 3.54. The number of aliphatic carboxylic acids is 1. The number of anilines is 1. The summed E-state index contributed by atoms with van der Waals surface area (Å²) in [6.45, 7) is 0.848. The Balaban J connectivity index is 1.66. The standard InChI is InChI=1S/C19H18ClFN4O4/c20-13-7-22-19(23-11-3-5-29-6-4-11)24-17(13)12-2-1-10-8-25(9-14(26)27)18(28)15(10)16(12)21/h1-2,7,11H,3-6,8-9H2,(H,26,27)(H,22,23,24). The molecule has 2 aliphatic rings. The van der Waals surface area contributed by atoms with Crippen LogP contribution in [0, 0.1) is 5.82 Å². The molecule has 10 heteroatoms. The van der Waals surface area contributed by atoms with Crippen molar-refractivity contribution in [3.63, 3.8) is 0 Å². The van der Waals surface area contributed by atoms with Crippen LogP contribution in [0.4, 0.5) is 10.3 Å². The Morgan fingerprint density at radius 1 is 1.38 bits per heavy atom. The van der Waals surface area contributed by atoms with Crippen molar-refractivity contribution < 1.29 is 23.8 Å². The largest absolute Gasteiger partial charge is 0.480 e. The van der Waals surface area contributed by atoms with Crippen molar-refractivity contribution in [2.45, 2.75) is 25.4 Å². The maximum atomic E-state index is 15.2. The first-order valence-corrected chi connectivity index (χ1v) is 9.51. The van der Waals surface area contributed by atoms with E-state index in [1.807, 2.05) is 0 Å². The molecule has 29 heavy (non-hydrogen) atoms. The minimum atomic E-state index is -1.16. The van der Waals surface area contributed by atoms with Gasteiger partial charge < -0.3 is 20.1 Å². The molecule has 0 aliphatic carbocycles. The van der Waals surface area contributed by atoms with Crippen LogP contribution < -0.4 is 5.32 Å². The minimum absolute atomic E-state index is 0.0474. The number of hydrogen-bond acceptors (Lipinski definition) is 6. The van der Waals surface area contributed by atoms with Crippen LogP contribution in [-0.4, -0.2) is 57.7 Å². The summed E-state index contributed by atoms with van der Waals surface area (Å²) in [5.41, 5.74) is 0.526. The molecule has 1 amide bonds. The van der Waals surface area contributed by atoms with Gasteiger partial charge in [0.1, 0.15) is 12.4 Å². The van der Waals surface area contributed by atoms with Gasteiger partial charge in [0.15, 0.2) is 0 Å². The van der Waals surface area contributed by atoms with E-state index in [1.54, 1.807) is 6.07 Å². The number of carboxylic acids is 1. The summed E-state index contributed by atoms with van der Waals surface area (Å²) in [7, 11) is 0. The van der Waals surface area contributed by atoms with Gasteiger partial charge in [0.25, 0.3) is 5.91 Å². The molecule has 1 saturated heterocycles. The minimum Gasteiger partial charge on any atom is -0.480 e. The maximum absolute atomic E-state index is 15.2. The third kappa shape index (κ3) is 3.88. The van der Waals surface area contributed by atoms with E-state index in [0.29, 0.717) is 24.7 Å². The molecule has 8 nitrogen and oxygen atoms in total. The predicted molar refractivity (Wildman–Crippen MR) is 102 cm³/mol. The van der Waals surface area contributed by atoms with Gasteiger partial charge >= 0.3 is 5.97 Å². The highest BCUT2D eigenvalue weighted by Gasteiger charge is 2.33. The second-order valence-corrected chi connectivity index (χ2v) is 7.34. The molecule has 0 spiro atoms. The van der Waals surface area contributed by atoms with Gasteiger partial charge in [-0.1, -0.05) is 17.7 Å². The Labute approximate surface area is 170 Å². The van der Waals surface area contributed by atoms with E-state index in [2.05, 4.69) is 15.3 Å². The number of carbonyl (C=O) groups excluding carboxylic acids is 1. The van der Waals surface area contributed by atoms with E-state index in [1.165, 1.54) is 12.3 Å². The molecule has 4 rings (SSSR count). The molecule has 2 N–H and O–H groups in total. The highest BCUT2D eigenvalue weighted by Crippen LogP contribution is 2.34. The summed E-state index contributed by atoms with van der Waals surface area (Å²) in [6.07, 6.45) is 3.00. The van der Waals surface area contributed by atoms with Gasteiger partial charge in [0, 0.05) is 31.4 Å². The summed E-state index contributed by atoms with van der Waals surface area (Å²) in [5, 5.41) is 12.3. The average Bonchev–Trinajstić information content (AvgIpc) is 3.00. The quantitative estimate of drug-likeness (QED) is 0.765. The van der Waals surface area contributed by atoms with Crippen molar-refractivity contribution >= 4 is 29.4 Å². The van der Waals surface area contributed by atoms with Crippen LogP contribution in [0.5, 0.6) is 0 Å². The number of nitrogens with zero attached hydrogens (tertiary/aromatic N) is 3. The molecular formula is C19H18ClFN4O4. The smallest absolute Gasteiger partial charge is 0.323 e. The Morgan fingerprint density at radius 3 is 2.86 bits per heavy atom. The zero-order chi connectivity index (χ0) is 20.5. The van der Waals surface area contributed by atoms with Crippen LogP contribution in [0.15, 0.2) is 18.3 Å². The fourth-order valence-corrected chi connectivity index (χ4v) is 3.73. The molecule has 0 unspecified atom stereocenters. The maximum Gasteiger partial charge on any atom is 0.323 e. The summed E-state index contributed by atoms with van der Waals surface area (Å²) in [5.74, 6) is -2.27. The number of carbonyl (C=O) groups is 2. The van der Waals surface area contributed by atoms with Crippen molar-refractivity contribution in [2.24, 2.45) is 0 Å². The number of amides is 1. The lowest BCUT2D eigenvalue weighted by molar-refractivity contribution is -0.137. The summed E-state index contributed by atoms with van der Waals surface area (Å²) < 4.78 is 20.6. The van der Waals surface area contributed by atoms with Crippen molar-refractivity contribution in [2.75, 3.05) is 25.1 Å². The first-order valence-electron chi connectivity index (χ1n) is 9.13. The lowest BCUT2D eigenvalue weighted by Crippen LogP contribution is -2.30. The molecule has 0 atom stereocenters. The Kier molecular flexibility index (Phi) is 5.33. The number of rotatable bonds is 5. The molecular weight excluding hydrogens is 403 g/mol. The summed E-state index contributed by atoms with van der Waals surface area (Å²) in [6, 6.07) is 3.24. The van der Waals surface area contributed by atoms with Gasteiger partial charge in [-0.25, -0.2) is 14.4 Å². The van der Waals surface area contributed by atoms with Gasteiger partial charge in [-0.05, 0) is 24.5 Å². The van der Waals surface area contributed by atoms with E-state index >= 15 is 4.39 Å². The highest BCUT2D eigenvalue weighted by atomic mass is 35.5. The fraction of sp³-hybridized carbons (Fsp3) is 0.368. The molecule has 0 bridgehead atoms. The van der Waals surface area contributed by atoms with E-state index in [-0.39, 0.29) is 34.4 Å². The van der Waals surface area contributed by atoms with Crippen LogP contribution in [-0.2, 0) is 16.1 Å². The molecule has 1 aromatic heterocycles. The molecule has 2 aromatic rings. The van der Waals surface area contributed by atoms with Crippen LogP contribution >= 0.6 is 11.6 Å².